The molecule has 0 unspecified atom stereocenters. The first kappa shape index (κ1) is 14.9. The molecule has 1 amide bonds. The van der Waals surface area contributed by atoms with Crippen LogP contribution < -0.4 is 5.32 Å². The summed E-state index contributed by atoms with van der Waals surface area (Å²) >= 11 is 0.898. The molecule has 0 aliphatic heterocycles. The maximum atomic E-state index is 12.7. The van der Waals surface area contributed by atoms with Crippen LogP contribution in [0.5, 0.6) is 0 Å². The van der Waals surface area contributed by atoms with Gasteiger partial charge in [-0.2, -0.15) is 13.2 Å². The van der Waals surface area contributed by atoms with Gasteiger partial charge in [0, 0.05) is 11.1 Å². The molecule has 1 heterocycles. The fraction of sp³-hybridized carbons (Fsp3) is 0.0909. The number of halogens is 3. The van der Waals surface area contributed by atoms with Gasteiger partial charge in [-0.05, 0) is 29.7 Å². The monoisotopic (exact) mass is 317 g/mol. The molecule has 0 atom stereocenters. The predicted molar refractivity (Wildman–Crippen MR) is 66.3 cm³/mol. The van der Waals surface area contributed by atoms with E-state index >= 15 is 0 Å². The van der Waals surface area contributed by atoms with Gasteiger partial charge in [0.05, 0.1) is 11.1 Å². The highest BCUT2D eigenvalue weighted by Crippen LogP contribution is 2.32. The molecule has 1 aromatic heterocycles. The normalized spacial score (nSPS) is 11.2. The number of nitrogens with one attached hydrogen (secondary N) is 1. The van der Waals surface area contributed by atoms with Crippen molar-refractivity contribution in [3.05, 3.63) is 40.4 Å². The van der Waals surface area contributed by atoms with Crippen molar-refractivity contribution in [3.8, 4) is 0 Å². The Labute approximate surface area is 119 Å². The molecule has 2 rings (SSSR count). The molecule has 110 valence electrons. The number of aromatic nitrogens is 2. The molecule has 6 nitrogen and oxygen atoms in total. The van der Waals surface area contributed by atoms with Crippen LogP contribution in [0, 0.1) is 0 Å². The lowest BCUT2D eigenvalue weighted by atomic mass is 10.1. The van der Waals surface area contributed by atoms with Gasteiger partial charge in [0.1, 0.15) is 0 Å². The van der Waals surface area contributed by atoms with Crippen molar-refractivity contribution in [1.29, 1.82) is 0 Å². The summed E-state index contributed by atoms with van der Waals surface area (Å²) in [4.78, 5) is 22.5. The third-order valence-electron chi connectivity index (χ3n) is 2.36. The Hall–Kier alpha value is -2.49. The topological polar surface area (TPSA) is 92.2 Å². The van der Waals surface area contributed by atoms with E-state index in [-0.39, 0.29) is 11.4 Å². The minimum absolute atomic E-state index is 0.0747. The Morgan fingerprint density at radius 1 is 1.24 bits per heavy atom. The van der Waals surface area contributed by atoms with Crippen LogP contribution in [0.25, 0.3) is 0 Å². The number of nitrogens with zero attached hydrogens (tertiary/aromatic N) is 2. The highest BCUT2D eigenvalue weighted by molar-refractivity contribution is 7.03. The van der Waals surface area contributed by atoms with Crippen LogP contribution in [0.2, 0.25) is 0 Å². The molecule has 0 aliphatic rings. The first-order valence-corrected chi connectivity index (χ1v) is 6.15. The Morgan fingerprint density at radius 2 is 1.95 bits per heavy atom. The first-order valence-electron chi connectivity index (χ1n) is 5.31. The Kier molecular flexibility index (Phi) is 3.89. The van der Waals surface area contributed by atoms with Crippen LogP contribution in [0.4, 0.5) is 18.9 Å². The largest absolute Gasteiger partial charge is 0.478 e. The molecule has 0 bridgehead atoms. The minimum atomic E-state index is -4.73. The molecule has 21 heavy (non-hydrogen) atoms. The SMILES string of the molecule is O=C(O)c1cc(NC(=O)c2csnn2)cc(C(F)(F)F)c1. The molecule has 1 aromatic carbocycles. The molecule has 0 saturated heterocycles. The van der Waals surface area contributed by atoms with Crippen molar-refractivity contribution < 1.29 is 27.9 Å². The van der Waals surface area contributed by atoms with Crippen molar-refractivity contribution in [1.82, 2.24) is 9.59 Å². The maximum absolute atomic E-state index is 12.7. The van der Waals surface area contributed by atoms with Gasteiger partial charge in [-0.25, -0.2) is 4.79 Å². The van der Waals surface area contributed by atoms with Gasteiger partial charge in [0.25, 0.3) is 5.91 Å². The van der Waals surface area contributed by atoms with Crippen LogP contribution >= 0.6 is 11.5 Å². The standard InChI is InChI=1S/C11H6F3N3O3S/c12-11(13,14)6-1-5(10(19)20)2-7(3-6)15-9(18)8-4-21-17-16-8/h1-4H,(H,15,18)(H,19,20). The third-order valence-corrected chi connectivity index (χ3v) is 2.86. The smallest absolute Gasteiger partial charge is 0.416 e. The summed E-state index contributed by atoms with van der Waals surface area (Å²) in [5.41, 5.74) is -2.12. The Balaban J connectivity index is 2.37. The van der Waals surface area contributed by atoms with Gasteiger partial charge in [0.15, 0.2) is 5.69 Å². The fourth-order valence-corrected chi connectivity index (χ4v) is 1.88. The molecule has 2 aromatic rings. The Morgan fingerprint density at radius 3 is 2.48 bits per heavy atom. The van der Waals surface area contributed by atoms with Crippen LogP contribution in [0.1, 0.15) is 26.4 Å². The molecule has 0 radical (unpaired) electrons. The molecule has 0 spiro atoms. The van der Waals surface area contributed by atoms with E-state index in [1.165, 1.54) is 5.38 Å². The van der Waals surface area contributed by atoms with E-state index in [4.69, 9.17) is 5.11 Å². The quantitative estimate of drug-likeness (QED) is 0.907. The fourth-order valence-electron chi connectivity index (χ4n) is 1.45. The van der Waals surface area contributed by atoms with E-state index in [0.717, 1.165) is 17.6 Å². The average Bonchev–Trinajstić information content (AvgIpc) is 2.91. The second kappa shape index (κ2) is 5.48. The molecule has 0 saturated carbocycles. The molecule has 0 aliphatic carbocycles. The lowest BCUT2D eigenvalue weighted by molar-refractivity contribution is -0.137. The van der Waals surface area contributed by atoms with Crippen LogP contribution in [-0.4, -0.2) is 26.6 Å². The first-order chi connectivity index (χ1) is 9.77. The van der Waals surface area contributed by atoms with E-state index in [1.54, 1.807) is 0 Å². The number of rotatable bonds is 3. The van der Waals surface area contributed by atoms with Gasteiger partial charge in [0.2, 0.25) is 0 Å². The van der Waals surface area contributed by atoms with Crippen molar-refractivity contribution in [2.45, 2.75) is 6.18 Å². The highest BCUT2D eigenvalue weighted by atomic mass is 32.1. The maximum Gasteiger partial charge on any atom is 0.416 e. The molecule has 2 N–H and O–H groups in total. The zero-order valence-corrected chi connectivity index (χ0v) is 10.8. The number of aromatic carboxylic acids is 1. The number of carboxylic acid groups (broad SMARTS) is 1. The Bertz CT molecular complexity index is 686. The van der Waals surface area contributed by atoms with Crippen LogP contribution in [0.3, 0.4) is 0 Å². The second-order valence-electron chi connectivity index (χ2n) is 3.85. The number of alkyl halides is 3. The van der Waals surface area contributed by atoms with Crippen molar-refractivity contribution in [2.24, 2.45) is 0 Å². The lowest BCUT2D eigenvalue weighted by Gasteiger charge is -2.11. The van der Waals surface area contributed by atoms with Crippen molar-refractivity contribution in [2.75, 3.05) is 5.32 Å². The molecular formula is C11H6F3N3O3S. The summed E-state index contributed by atoms with van der Waals surface area (Å²) in [6, 6.07) is 2.06. The summed E-state index contributed by atoms with van der Waals surface area (Å²) in [6.07, 6.45) is -4.73. The van der Waals surface area contributed by atoms with Gasteiger partial charge in [-0.1, -0.05) is 4.49 Å². The van der Waals surface area contributed by atoms with Gasteiger partial charge < -0.3 is 10.4 Å². The number of carbonyl (C=O) groups is 2. The highest BCUT2D eigenvalue weighted by Gasteiger charge is 2.32. The van der Waals surface area contributed by atoms with Crippen molar-refractivity contribution in [3.63, 3.8) is 0 Å². The summed E-state index contributed by atoms with van der Waals surface area (Å²) < 4.78 is 41.5. The zero-order valence-electron chi connectivity index (χ0n) is 10.0. The second-order valence-corrected chi connectivity index (χ2v) is 4.46. The van der Waals surface area contributed by atoms with Crippen LogP contribution in [0.15, 0.2) is 23.6 Å². The number of anilines is 1. The van der Waals surface area contributed by atoms with E-state index in [9.17, 15) is 22.8 Å². The summed E-state index contributed by atoms with van der Waals surface area (Å²) in [6.45, 7) is 0. The lowest BCUT2D eigenvalue weighted by Crippen LogP contribution is -2.15. The van der Waals surface area contributed by atoms with Gasteiger partial charge in [-0.3, -0.25) is 4.79 Å². The molecular weight excluding hydrogens is 311 g/mol. The number of amides is 1. The number of carboxylic acids is 1. The number of carbonyl (C=O) groups excluding carboxylic acids is 1. The van der Waals surface area contributed by atoms with E-state index < -0.39 is 29.2 Å². The van der Waals surface area contributed by atoms with E-state index in [2.05, 4.69) is 14.9 Å². The van der Waals surface area contributed by atoms with Crippen LogP contribution in [-0.2, 0) is 6.18 Å². The van der Waals surface area contributed by atoms with Gasteiger partial charge >= 0.3 is 12.1 Å². The molecule has 0 fully saturated rings. The summed E-state index contributed by atoms with van der Waals surface area (Å²) in [7, 11) is 0. The van der Waals surface area contributed by atoms with E-state index in [1.807, 2.05) is 0 Å². The number of benzene rings is 1. The van der Waals surface area contributed by atoms with E-state index in [0.29, 0.717) is 12.1 Å². The summed E-state index contributed by atoms with van der Waals surface area (Å²) in [5, 5.41) is 15.7. The average molecular weight is 317 g/mol. The number of hydrogen-bond acceptors (Lipinski definition) is 5. The predicted octanol–water partition coefficient (Wildman–Crippen LogP) is 2.51. The summed E-state index contributed by atoms with van der Waals surface area (Å²) in [5.74, 6) is -2.31. The molecule has 10 heteroatoms. The zero-order chi connectivity index (χ0) is 15.6. The minimum Gasteiger partial charge on any atom is -0.478 e. The number of hydrogen-bond donors (Lipinski definition) is 2. The van der Waals surface area contributed by atoms with Gasteiger partial charge in [-0.15, -0.1) is 5.10 Å². The van der Waals surface area contributed by atoms with Crippen molar-refractivity contribution >= 4 is 29.1 Å². The third kappa shape index (κ3) is 3.54.